The highest BCUT2D eigenvalue weighted by Gasteiger charge is 2.56. The van der Waals surface area contributed by atoms with Crippen molar-refractivity contribution >= 4 is 22.2 Å². The average Bonchev–Trinajstić information content (AvgIpc) is 3.11. The zero-order chi connectivity index (χ0) is 18.3. The summed E-state index contributed by atoms with van der Waals surface area (Å²) in [6, 6.07) is 14.1. The number of aromatic nitrogens is 1. The van der Waals surface area contributed by atoms with Gasteiger partial charge in [0.2, 0.25) is 0 Å². The van der Waals surface area contributed by atoms with Gasteiger partial charge >= 0.3 is 0 Å². The number of hydrogen-bond donors (Lipinski definition) is 1. The third-order valence-electron chi connectivity index (χ3n) is 6.43. The third kappa shape index (κ3) is 3.54. The van der Waals surface area contributed by atoms with Gasteiger partial charge in [-0.15, -0.1) is 0 Å². The SMILES string of the molecule is Cc1ccc2cc(CN(Cc3ccsc3)C3CC34CCNCC4)ccc2n1. The summed E-state index contributed by atoms with van der Waals surface area (Å²) in [6.07, 6.45) is 4.03. The smallest absolute Gasteiger partial charge is 0.0705 e. The lowest BCUT2D eigenvalue weighted by Gasteiger charge is -2.29. The highest BCUT2D eigenvalue weighted by Crippen LogP contribution is 2.56. The van der Waals surface area contributed by atoms with Gasteiger partial charge in [-0.2, -0.15) is 11.3 Å². The highest BCUT2D eigenvalue weighted by molar-refractivity contribution is 7.07. The van der Waals surface area contributed by atoms with E-state index in [9.17, 15) is 0 Å². The summed E-state index contributed by atoms with van der Waals surface area (Å²) in [4.78, 5) is 7.39. The molecule has 2 aromatic heterocycles. The molecule has 1 unspecified atom stereocenters. The van der Waals surface area contributed by atoms with Crippen molar-refractivity contribution in [2.45, 2.75) is 45.3 Å². The summed E-state index contributed by atoms with van der Waals surface area (Å²) >= 11 is 1.81. The number of nitrogens with one attached hydrogen (secondary N) is 1. The van der Waals surface area contributed by atoms with E-state index in [1.54, 1.807) is 11.3 Å². The first kappa shape index (κ1) is 17.4. The van der Waals surface area contributed by atoms with E-state index in [1.807, 2.05) is 0 Å². The van der Waals surface area contributed by atoms with Gasteiger partial charge < -0.3 is 5.32 Å². The van der Waals surface area contributed by atoms with E-state index >= 15 is 0 Å². The van der Waals surface area contributed by atoms with E-state index in [0.29, 0.717) is 5.41 Å². The summed E-state index contributed by atoms with van der Waals surface area (Å²) in [7, 11) is 0. The first-order chi connectivity index (χ1) is 13.2. The van der Waals surface area contributed by atoms with Crippen molar-refractivity contribution in [3.8, 4) is 0 Å². The van der Waals surface area contributed by atoms with Crippen LogP contribution in [0.3, 0.4) is 0 Å². The van der Waals surface area contributed by atoms with Crippen molar-refractivity contribution in [2.24, 2.45) is 5.41 Å². The molecule has 0 bridgehead atoms. The molecule has 3 aromatic rings. The van der Waals surface area contributed by atoms with Crippen LogP contribution in [0, 0.1) is 12.3 Å². The molecule has 27 heavy (non-hydrogen) atoms. The Kier molecular flexibility index (Phi) is 4.50. The Morgan fingerprint density at radius 1 is 1.11 bits per heavy atom. The summed E-state index contributed by atoms with van der Waals surface area (Å²) in [5.41, 5.74) is 5.61. The zero-order valence-electron chi connectivity index (χ0n) is 15.9. The molecule has 1 saturated carbocycles. The first-order valence-corrected chi connectivity index (χ1v) is 11.0. The Hall–Kier alpha value is -1.75. The van der Waals surface area contributed by atoms with E-state index in [4.69, 9.17) is 0 Å². The van der Waals surface area contributed by atoms with Crippen molar-refractivity contribution < 1.29 is 0 Å². The van der Waals surface area contributed by atoms with Crippen molar-refractivity contribution in [1.82, 2.24) is 15.2 Å². The Balaban J connectivity index is 1.40. The maximum absolute atomic E-state index is 4.65. The number of pyridine rings is 1. The molecular weight excluding hydrogens is 350 g/mol. The number of benzene rings is 1. The fourth-order valence-electron chi connectivity index (χ4n) is 4.81. The molecule has 140 valence electrons. The lowest BCUT2D eigenvalue weighted by molar-refractivity contribution is 0.188. The lowest BCUT2D eigenvalue weighted by atomic mass is 9.93. The van der Waals surface area contributed by atoms with Gasteiger partial charge in [0.25, 0.3) is 0 Å². The number of hydrogen-bond acceptors (Lipinski definition) is 4. The van der Waals surface area contributed by atoms with Crippen molar-refractivity contribution in [2.75, 3.05) is 13.1 Å². The maximum atomic E-state index is 4.65. The van der Waals surface area contributed by atoms with Crippen LogP contribution >= 0.6 is 11.3 Å². The largest absolute Gasteiger partial charge is 0.317 e. The van der Waals surface area contributed by atoms with Gasteiger partial charge in [-0.1, -0.05) is 12.1 Å². The van der Waals surface area contributed by atoms with Crippen LogP contribution in [0.4, 0.5) is 0 Å². The molecule has 0 radical (unpaired) electrons. The molecule has 3 nitrogen and oxygen atoms in total. The van der Waals surface area contributed by atoms with E-state index in [0.717, 1.165) is 30.3 Å². The fraction of sp³-hybridized carbons (Fsp3) is 0.435. The third-order valence-corrected chi connectivity index (χ3v) is 7.16. The van der Waals surface area contributed by atoms with Gasteiger partial charge in [-0.3, -0.25) is 9.88 Å². The summed E-state index contributed by atoms with van der Waals surface area (Å²) < 4.78 is 0. The predicted octanol–water partition coefficient (Wildman–Crippen LogP) is 4.75. The number of thiophene rings is 1. The minimum Gasteiger partial charge on any atom is -0.317 e. The molecule has 3 heterocycles. The molecule has 1 spiro atoms. The summed E-state index contributed by atoms with van der Waals surface area (Å²) in [5, 5.41) is 9.29. The molecule has 1 aliphatic carbocycles. The quantitative estimate of drug-likeness (QED) is 0.695. The van der Waals surface area contributed by atoms with Crippen LogP contribution in [-0.2, 0) is 13.1 Å². The van der Waals surface area contributed by atoms with Crippen molar-refractivity contribution in [3.63, 3.8) is 0 Å². The molecule has 0 amide bonds. The molecule has 1 saturated heterocycles. The molecule has 2 fully saturated rings. The Labute approximate surface area is 165 Å². The summed E-state index contributed by atoms with van der Waals surface area (Å²) in [5.74, 6) is 0. The molecule has 4 heteroatoms. The second-order valence-corrected chi connectivity index (χ2v) is 9.13. The standard InChI is InChI=1S/C23H27N3S/c1-17-2-4-20-12-18(3-5-21(20)25-17)14-26(15-19-6-11-27-16-19)22-13-23(22)7-9-24-10-8-23/h2-6,11-12,16,22,24H,7-10,13-15H2,1H3. The molecule has 1 aliphatic heterocycles. The highest BCUT2D eigenvalue weighted by atomic mass is 32.1. The topological polar surface area (TPSA) is 28.2 Å². The van der Waals surface area contributed by atoms with Crippen LogP contribution in [0.15, 0.2) is 47.2 Å². The second-order valence-electron chi connectivity index (χ2n) is 8.35. The van der Waals surface area contributed by atoms with Gasteiger partial charge in [0.05, 0.1) is 5.52 Å². The average molecular weight is 378 g/mol. The van der Waals surface area contributed by atoms with Crippen LogP contribution in [0.2, 0.25) is 0 Å². The zero-order valence-corrected chi connectivity index (χ0v) is 16.8. The van der Waals surface area contributed by atoms with E-state index in [2.05, 4.69) is 69.3 Å². The van der Waals surface area contributed by atoms with Gasteiger partial charge in [0, 0.05) is 30.2 Å². The van der Waals surface area contributed by atoms with E-state index < -0.39 is 0 Å². The number of fused-ring (bicyclic) bond motifs is 1. The number of rotatable bonds is 5. The fourth-order valence-corrected chi connectivity index (χ4v) is 5.47. The van der Waals surface area contributed by atoms with E-state index in [1.165, 1.54) is 48.9 Å². The molecule has 1 N–H and O–H groups in total. The summed E-state index contributed by atoms with van der Waals surface area (Å²) in [6.45, 7) is 6.52. The van der Waals surface area contributed by atoms with Crippen LogP contribution < -0.4 is 5.32 Å². The predicted molar refractivity (Wildman–Crippen MR) is 113 cm³/mol. The minimum atomic E-state index is 0.566. The van der Waals surface area contributed by atoms with Crippen LogP contribution in [0.25, 0.3) is 10.9 Å². The molecule has 1 aromatic carbocycles. The molecule has 2 aliphatic rings. The van der Waals surface area contributed by atoms with Crippen LogP contribution in [0.1, 0.15) is 36.1 Å². The van der Waals surface area contributed by atoms with Gasteiger partial charge in [0.1, 0.15) is 0 Å². The van der Waals surface area contributed by atoms with E-state index in [-0.39, 0.29) is 0 Å². The van der Waals surface area contributed by atoms with Gasteiger partial charge in [0.15, 0.2) is 0 Å². The van der Waals surface area contributed by atoms with Crippen molar-refractivity contribution in [3.05, 3.63) is 64.0 Å². The second kappa shape index (κ2) is 7.01. The van der Waals surface area contributed by atoms with Gasteiger partial charge in [-0.05, 0) is 90.8 Å². The monoisotopic (exact) mass is 377 g/mol. The normalized spacial score (nSPS) is 21.2. The first-order valence-electron chi connectivity index (χ1n) is 10.0. The maximum Gasteiger partial charge on any atom is 0.0705 e. The number of aryl methyl sites for hydroxylation is 1. The Morgan fingerprint density at radius 3 is 2.78 bits per heavy atom. The molecular formula is C23H27N3S. The Morgan fingerprint density at radius 2 is 1.96 bits per heavy atom. The molecule has 5 rings (SSSR count). The number of piperidine rings is 1. The van der Waals surface area contributed by atoms with Gasteiger partial charge in [-0.25, -0.2) is 0 Å². The minimum absolute atomic E-state index is 0.566. The Bertz CT molecular complexity index is 928. The van der Waals surface area contributed by atoms with Crippen molar-refractivity contribution in [1.29, 1.82) is 0 Å². The number of nitrogens with zero attached hydrogens (tertiary/aromatic N) is 2. The molecule has 1 atom stereocenters. The lowest BCUT2D eigenvalue weighted by Crippen LogP contribution is -2.35. The van der Waals surface area contributed by atoms with Crippen LogP contribution in [0.5, 0.6) is 0 Å². The van der Waals surface area contributed by atoms with Crippen LogP contribution in [-0.4, -0.2) is 29.0 Å².